The summed E-state index contributed by atoms with van der Waals surface area (Å²) in [6, 6.07) is -0.0532. The van der Waals surface area contributed by atoms with E-state index in [-0.39, 0.29) is 23.9 Å². The summed E-state index contributed by atoms with van der Waals surface area (Å²) in [5, 5.41) is 3.30. The summed E-state index contributed by atoms with van der Waals surface area (Å²) in [4.78, 5) is 25.8. The maximum atomic E-state index is 12.3. The number of amides is 2. The Morgan fingerprint density at radius 2 is 1.94 bits per heavy atom. The summed E-state index contributed by atoms with van der Waals surface area (Å²) >= 11 is 0. The predicted molar refractivity (Wildman–Crippen MR) is 67.8 cm³/mol. The lowest BCUT2D eigenvalue weighted by atomic mass is 10.2. The highest BCUT2D eigenvalue weighted by atomic mass is 16.2. The monoisotopic (exact) mass is 250 g/mol. The third kappa shape index (κ3) is 2.18. The first-order valence-corrected chi connectivity index (χ1v) is 7.26. The lowest BCUT2D eigenvalue weighted by Gasteiger charge is -2.22. The van der Waals surface area contributed by atoms with E-state index in [1.807, 2.05) is 0 Å². The van der Waals surface area contributed by atoms with Gasteiger partial charge in [0, 0.05) is 6.04 Å². The molecule has 3 unspecified atom stereocenters. The van der Waals surface area contributed by atoms with Gasteiger partial charge in [-0.1, -0.05) is 19.8 Å². The SMILES string of the molecule is CC1CC1CNC1CC(=O)N(C2CCCC2)C1=O. The first-order chi connectivity index (χ1) is 8.66. The molecule has 18 heavy (non-hydrogen) atoms. The molecule has 3 aliphatic rings. The molecular weight excluding hydrogens is 228 g/mol. The molecule has 2 saturated carbocycles. The summed E-state index contributed by atoms with van der Waals surface area (Å²) in [7, 11) is 0. The molecule has 3 atom stereocenters. The third-order valence-corrected chi connectivity index (χ3v) is 4.78. The number of imide groups is 1. The van der Waals surface area contributed by atoms with Gasteiger partial charge in [0.15, 0.2) is 0 Å². The van der Waals surface area contributed by atoms with Crippen molar-refractivity contribution in [3.05, 3.63) is 0 Å². The van der Waals surface area contributed by atoms with Crippen molar-refractivity contribution in [2.75, 3.05) is 6.54 Å². The van der Waals surface area contributed by atoms with Crippen LogP contribution in [0.5, 0.6) is 0 Å². The van der Waals surface area contributed by atoms with E-state index in [0.29, 0.717) is 12.3 Å². The summed E-state index contributed by atoms with van der Waals surface area (Å²) in [5.74, 6) is 1.57. The summed E-state index contributed by atoms with van der Waals surface area (Å²) in [6.07, 6.45) is 5.94. The molecule has 1 heterocycles. The smallest absolute Gasteiger partial charge is 0.247 e. The fourth-order valence-corrected chi connectivity index (χ4v) is 3.33. The molecule has 2 amide bonds. The Balaban J connectivity index is 1.57. The molecule has 4 nitrogen and oxygen atoms in total. The summed E-state index contributed by atoms with van der Waals surface area (Å²) in [5.41, 5.74) is 0. The molecule has 0 spiro atoms. The van der Waals surface area contributed by atoms with Crippen LogP contribution in [-0.4, -0.2) is 35.3 Å². The van der Waals surface area contributed by atoms with Crippen LogP contribution < -0.4 is 5.32 Å². The molecule has 4 heteroatoms. The van der Waals surface area contributed by atoms with Crippen LogP contribution in [0.3, 0.4) is 0 Å². The Kier molecular flexibility index (Phi) is 3.14. The van der Waals surface area contributed by atoms with Crippen molar-refractivity contribution in [2.45, 2.75) is 57.5 Å². The number of nitrogens with zero attached hydrogens (tertiary/aromatic N) is 1. The van der Waals surface area contributed by atoms with Gasteiger partial charge in [-0.15, -0.1) is 0 Å². The largest absolute Gasteiger partial charge is 0.305 e. The average molecular weight is 250 g/mol. The molecule has 3 rings (SSSR count). The Morgan fingerprint density at radius 3 is 2.56 bits per heavy atom. The first-order valence-electron chi connectivity index (χ1n) is 7.26. The van der Waals surface area contributed by atoms with Crippen LogP contribution in [0, 0.1) is 11.8 Å². The zero-order chi connectivity index (χ0) is 12.7. The molecule has 2 aliphatic carbocycles. The topological polar surface area (TPSA) is 49.4 Å². The highest BCUT2D eigenvalue weighted by Crippen LogP contribution is 2.37. The maximum absolute atomic E-state index is 12.3. The van der Waals surface area contributed by atoms with Gasteiger partial charge in [-0.3, -0.25) is 14.5 Å². The van der Waals surface area contributed by atoms with Crippen LogP contribution in [0.15, 0.2) is 0 Å². The van der Waals surface area contributed by atoms with Crippen molar-refractivity contribution in [2.24, 2.45) is 11.8 Å². The van der Waals surface area contributed by atoms with E-state index < -0.39 is 0 Å². The number of hydrogen-bond acceptors (Lipinski definition) is 3. The Morgan fingerprint density at radius 1 is 1.28 bits per heavy atom. The van der Waals surface area contributed by atoms with Gasteiger partial charge in [-0.05, 0) is 37.6 Å². The highest BCUT2D eigenvalue weighted by molar-refractivity contribution is 6.05. The number of nitrogens with one attached hydrogen (secondary N) is 1. The molecule has 0 radical (unpaired) electrons. The number of rotatable bonds is 4. The minimum Gasteiger partial charge on any atom is -0.305 e. The van der Waals surface area contributed by atoms with E-state index in [2.05, 4.69) is 12.2 Å². The second kappa shape index (κ2) is 4.65. The second-order valence-corrected chi connectivity index (χ2v) is 6.18. The molecule has 0 aromatic rings. The molecule has 0 aromatic heterocycles. The number of carbonyl (C=O) groups excluding carboxylic acids is 2. The molecule has 3 fully saturated rings. The van der Waals surface area contributed by atoms with E-state index in [9.17, 15) is 9.59 Å². The molecule has 1 saturated heterocycles. The van der Waals surface area contributed by atoms with Crippen LogP contribution >= 0.6 is 0 Å². The first kappa shape index (κ1) is 12.2. The van der Waals surface area contributed by atoms with Gasteiger partial charge >= 0.3 is 0 Å². The van der Waals surface area contributed by atoms with Crippen LogP contribution in [0.1, 0.15) is 45.4 Å². The van der Waals surface area contributed by atoms with Gasteiger partial charge in [0.25, 0.3) is 0 Å². The fraction of sp³-hybridized carbons (Fsp3) is 0.857. The third-order valence-electron chi connectivity index (χ3n) is 4.78. The second-order valence-electron chi connectivity index (χ2n) is 6.18. The Hall–Kier alpha value is -0.900. The van der Waals surface area contributed by atoms with Gasteiger partial charge in [0.2, 0.25) is 11.8 Å². The molecule has 0 bridgehead atoms. The van der Waals surface area contributed by atoms with Gasteiger partial charge in [0.1, 0.15) is 0 Å². The van der Waals surface area contributed by atoms with Crippen molar-refractivity contribution < 1.29 is 9.59 Å². The van der Waals surface area contributed by atoms with Crippen LogP contribution in [-0.2, 0) is 9.59 Å². The predicted octanol–water partition coefficient (Wildman–Crippen LogP) is 1.30. The van der Waals surface area contributed by atoms with Crippen molar-refractivity contribution in [3.63, 3.8) is 0 Å². The van der Waals surface area contributed by atoms with E-state index in [4.69, 9.17) is 0 Å². The standard InChI is InChI=1S/C14H22N2O2/c1-9-6-10(9)8-15-12-7-13(17)16(14(12)18)11-4-2-3-5-11/h9-12,15H,2-8H2,1H3. The zero-order valence-corrected chi connectivity index (χ0v) is 11.0. The maximum Gasteiger partial charge on any atom is 0.247 e. The van der Waals surface area contributed by atoms with E-state index >= 15 is 0 Å². The minimum absolute atomic E-state index is 0.0280. The average Bonchev–Trinajstić information content (AvgIpc) is 2.77. The van der Waals surface area contributed by atoms with Crippen LogP contribution in [0.25, 0.3) is 0 Å². The Labute approximate surface area is 108 Å². The van der Waals surface area contributed by atoms with Crippen LogP contribution in [0.2, 0.25) is 0 Å². The number of hydrogen-bond donors (Lipinski definition) is 1. The minimum atomic E-state index is -0.245. The van der Waals surface area contributed by atoms with Crippen molar-refractivity contribution in [3.8, 4) is 0 Å². The van der Waals surface area contributed by atoms with Crippen molar-refractivity contribution in [1.29, 1.82) is 0 Å². The normalized spacial score (nSPS) is 36.7. The summed E-state index contributed by atoms with van der Waals surface area (Å²) in [6.45, 7) is 3.13. The molecule has 0 aromatic carbocycles. The molecule has 100 valence electrons. The summed E-state index contributed by atoms with van der Waals surface area (Å²) < 4.78 is 0. The number of carbonyl (C=O) groups is 2. The van der Waals surface area contributed by atoms with Crippen molar-refractivity contribution >= 4 is 11.8 Å². The Bertz CT molecular complexity index is 363. The van der Waals surface area contributed by atoms with E-state index in [0.717, 1.165) is 38.1 Å². The van der Waals surface area contributed by atoms with Gasteiger partial charge in [0.05, 0.1) is 12.5 Å². The molecule has 1 aliphatic heterocycles. The van der Waals surface area contributed by atoms with Crippen LogP contribution in [0.4, 0.5) is 0 Å². The lowest BCUT2D eigenvalue weighted by Crippen LogP contribution is -2.43. The fourth-order valence-electron chi connectivity index (χ4n) is 3.33. The van der Waals surface area contributed by atoms with E-state index in [1.165, 1.54) is 6.42 Å². The van der Waals surface area contributed by atoms with Gasteiger partial charge < -0.3 is 5.32 Å². The highest BCUT2D eigenvalue weighted by Gasteiger charge is 2.43. The van der Waals surface area contributed by atoms with Gasteiger partial charge in [-0.25, -0.2) is 0 Å². The zero-order valence-electron chi connectivity index (χ0n) is 11.0. The lowest BCUT2D eigenvalue weighted by molar-refractivity contribution is -0.141. The number of likely N-dealkylation sites (tertiary alicyclic amines) is 1. The quantitative estimate of drug-likeness (QED) is 0.765. The van der Waals surface area contributed by atoms with Crippen molar-refractivity contribution in [1.82, 2.24) is 10.2 Å². The van der Waals surface area contributed by atoms with E-state index in [1.54, 1.807) is 4.90 Å². The van der Waals surface area contributed by atoms with Gasteiger partial charge in [-0.2, -0.15) is 0 Å². The molecule has 1 N–H and O–H groups in total. The molecular formula is C14H22N2O2.